The molecule has 6 heteroatoms. The second-order valence-electron chi connectivity index (χ2n) is 7.71. The Bertz CT molecular complexity index is 1170. The van der Waals surface area contributed by atoms with Gasteiger partial charge in [-0.05, 0) is 68.5 Å². The number of ether oxygens (including phenoxy) is 1. The smallest absolute Gasteiger partial charge is 0.214 e. The predicted molar refractivity (Wildman–Crippen MR) is 114 cm³/mol. The maximum absolute atomic E-state index is 13.7. The maximum atomic E-state index is 13.7. The van der Waals surface area contributed by atoms with Crippen molar-refractivity contribution in [3.05, 3.63) is 53.7 Å². The van der Waals surface area contributed by atoms with Gasteiger partial charge in [-0.1, -0.05) is 6.07 Å². The summed E-state index contributed by atoms with van der Waals surface area (Å²) in [4.78, 5) is 6.06. The Hall–Kier alpha value is -2.60. The molecule has 3 aromatic rings. The number of methoxy groups -OCH3 is 1. The number of rotatable bonds is 4. The number of nitrogens with zero attached hydrogens (tertiary/aromatic N) is 1. The number of nitrogens with one attached hydrogen (secondary N) is 1. The van der Waals surface area contributed by atoms with Crippen LogP contribution in [0.1, 0.15) is 30.4 Å². The van der Waals surface area contributed by atoms with E-state index in [0.717, 1.165) is 53.6 Å². The van der Waals surface area contributed by atoms with Gasteiger partial charge >= 0.3 is 0 Å². The monoisotopic (exact) mass is 411 g/mol. The number of hydrogen-bond acceptors (Lipinski definition) is 4. The molecule has 29 heavy (non-hydrogen) atoms. The van der Waals surface area contributed by atoms with Crippen molar-refractivity contribution in [1.82, 2.24) is 0 Å². The number of benzene rings is 2. The molecule has 0 atom stereocenters. The molecular weight excluding hydrogens is 384 g/mol. The largest absolute Gasteiger partial charge is 0.497 e. The van der Waals surface area contributed by atoms with Crippen LogP contribution < -0.4 is 14.6 Å². The van der Waals surface area contributed by atoms with E-state index in [2.05, 4.69) is 9.88 Å². The fourth-order valence-corrected chi connectivity index (χ4v) is 5.51. The molecule has 1 aromatic heterocycles. The maximum Gasteiger partial charge on any atom is 0.214 e. The summed E-state index contributed by atoms with van der Waals surface area (Å²) in [6, 6.07) is 11.1. The molecule has 5 nitrogen and oxygen atoms in total. The molecule has 0 unspecified atom stereocenters. The zero-order valence-electron chi connectivity index (χ0n) is 17.2. The standard InChI is InChI=1S/C23H26N2O3S/c1-16-7-9-19(13-17(16)2)29(26,27)22-15-24-21-10-8-18(28-3)14-20(21)23(22)25-11-5-4-6-12-25/h7-10,13-15H,4-6,11-12H2,1-3H3/p+1. The van der Waals surface area contributed by atoms with Gasteiger partial charge in [-0.15, -0.1) is 0 Å². The minimum atomic E-state index is -3.68. The van der Waals surface area contributed by atoms with E-state index >= 15 is 0 Å². The van der Waals surface area contributed by atoms with Crippen LogP contribution in [0.25, 0.3) is 10.9 Å². The highest BCUT2D eigenvalue weighted by molar-refractivity contribution is 7.91. The van der Waals surface area contributed by atoms with Crippen LogP contribution >= 0.6 is 0 Å². The average Bonchev–Trinajstić information content (AvgIpc) is 2.74. The molecule has 0 saturated carbocycles. The molecule has 1 fully saturated rings. The first kappa shape index (κ1) is 19.7. The molecule has 0 bridgehead atoms. The average molecular weight is 412 g/mol. The van der Waals surface area contributed by atoms with E-state index in [1.165, 1.54) is 6.42 Å². The second-order valence-corrected chi connectivity index (χ2v) is 9.63. The number of aryl methyl sites for hydroxylation is 2. The molecule has 2 aromatic carbocycles. The van der Waals surface area contributed by atoms with E-state index in [1.807, 2.05) is 38.1 Å². The van der Waals surface area contributed by atoms with Gasteiger partial charge in [0, 0.05) is 19.2 Å². The molecule has 0 amide bonds. The van der Waals surface area contributed by atoms with E-state index in [9.17, 15) is 8.42 Å². The number of hydrogen-bond donors (Lipinski definition) is 0. The lowest BCUT2D eigenvalue weighted by Crippen LogP contribution is -2.31. The lowest BCUT2D eigenvalue weighted by molar-refractivity contribution is -0.347. The molecule has 1 aliphatic rings. The van der Waals surface area contributed by atoms with E-state index in [4.69, 9.17) is 4.74 Å². The summed E-state index contributed by atoms with van der Waals surface area (Å²) in [6.07, 6.45) is 4.94. The third-order valence-corrected chi connectivity index (χ3v) is 7.59. The number of aromatic amines is 1. The highest BCUT2D eigenvalue weighted by Gasteiger charge is 2.30. The number of aromatic nitrogens is 1. The van der Waals surface area contributed by atoms with Gasteiger partial charge in [-0.25, -0.2) is 13.4 Å². The van der Waals surface area contributed by atoms with E-state index in [-0.39, 0.29) is 0 Å². The molecule has 4 rings (SSSR count). The van der Waals surface area contributed by atoms with Crippen molar-refractivity contribution in [2.75, 3.05) is 25.1 Å². The lowest BCUT2D eigenvalue weighted by atomic mass is 10.1. The summed E-state index contributed by atoms with van der Waals surface area (Å²) in [5.74, 6) is 0.713. The zero-order valence-corrected chi connectivity index (χ0v) is 18.0. The summed E-state index contributed by atoms with van der Waals surface area (Å²) in [7, 11) is -2.06. The Morgan fingerprint density at radius 2 is 1.72 bits per heavy atom. The first-order valence-electron chi connectivity index (χ1n) is 10.0. The van der Waals surface area contributed by atoms with Gasteiger partial charge in [-0.2, -0.15) is 0 Å². The minimum Gasteiger partial charge on any atom is -0.497 e. The van der Waals surface area contributed by atoms with Gasteiger partial charge < -0.3 is 9.64 Å². The first-order chi connectivity index (χ1) is 13.9. The van der Waals surface area contributed by atoms with Crippen LogP contribution in [-0.4, -0.2) is 28.6 Å². The number of sulfone groups is 1. The van der Waals surface area contributed by atoms with E-state index in [1.54, 1.807) is 25.4 Å². The quantitative estimate of drug-likeness (QED) is 0.648. The van der Waals surface area contributed by atoms with Crippen LogP contribution in [0.2, 0.25) is 0 Å². The molecule has 0 spiro atoms. The van der Waals surface area contributed by atoms with Crippen molar-refractivity contribution in [2.24, 2.45) is 0 Å². The molecule has 0 radical (unpaired) electrons. The molecule has 152 valence electrons. The third-order valence-electron chi connectivity index (χ3n) is 5.82. The summed E-state index contributed by atoms with van der Waals surface area (Å²) in [5, 5.41) is 0.871. The lowest BCUT2D eigenvalue weighted by Gasteiger charge is -2.30. The Morgan fingerprint density at radius 1 is 0.966 bits per heavy atom. The molecule has 1 aliphatic heterocycles. The van der Waals surface area contributed by atoms with Gasteiger partial charge in [0.25, 0.3) is 0 Å². The Balaban J connectivity index is 1.98. The topological polar surface area (TPSA) is 60.8 Å². The van der Waals surface area contributed by atoms with Crippen molar-refractivity contribution in [3.63, 3.8) is 0 Å². The van der Waals surface area contributed by atoms with Gasteiger partial charge in [0.05, 0.1) is 23.1 Å². The van der Waals surface area contributed by atoms with Crippen LogP contribution in [0.5, 0.6) is 5.75 Å². The second kappa shape index (κ2) is 7.67. The summed E-state index contributed by atoms with van der Waals surface area (Å²) >= 11 is 0. The summed E-state index contributed by atoms with van der Waals surface area (Å²) in [6.45, 7) is 5.63. The molecule has 0 aliphatic carbocycles. The molecule has 1 saturated heterocycles. The van der Waals surface area contributed by atoms with Crippen LogP contribution in [0.3, 0.4) is 0 Å². The highest BCUT2D eigenvalue weighted by atomic mass is 32.2. The number of piperidine rings is 1. The van der Waals surface area contributed by atoms with Crippen molar-refractivity contribution in [2.45, 2.75) is 42.9 Å². The highest BCUT2D eigenvalue weighted by Crippen LogP contribution is 2.37. The Morgan fingerprint density at radius 3 is 2.41 bits per heavy atom. The van der Waals surface area contributed by atoms with E-state index < -0.39 is 9.84 Å². The molecule has 2 heterocycles. The Kier molecular flexibility index (Phi) is 5.21. The number of anilines is 1. The number of H-pyrrole nitrogens is 1. The van der Waals surface area contributed by atoms with Crippen molar-refractivity contribution < 1.29 is 18.1 Å². The van der Waals surface area contributed by atoms with Gasteiger partial charge in [0.15, 0.2) is 11.1 Å². The summed E-state index contributed by atoms with van der Waals surface area (Å²) < 4.78 is 32.8. The molecule has 1 N–H and O–H groups in total. The summed E-state index contributed by atoms with van der Waals surface area (Å²) in [5.41, 5.74) is 3.72. The fraction of sp³-hybridized carbons (Fsp3) is 0.348. The fourth-order valence-electron chi connectivity index (χ4n) is 3.97. The predicted octanol–water partition coefficient (Wildman–Crippen LogP) is 4.10. The van der Waals surface area contributed by atoms with Crippen LogP contribution in [0.4, 0.5) is 5.69 Å². The molecular formula is C23H27N2O3S+. The Labute approximate surface area is 172 Å². The SMILES string of the molecule is COc1ccc2[nH+]cc(S(=O)(=O)c3ccc(C)c(C)c3)c(N3CCCCC3)c2c1. The van der Waals surface area contributed by atoms with E-state index in [0.29, 0.717) is 15.5 Å². The van der Waals surface area contributed by atoms with Crippen LogP contribution in [0, 0.1) is 13.8 Å². The van der Waals surface area contributed by atoms with Gasteiger partial charge in [-0.3, -0.25) is 0 Å². The van der Waals surface area contributed by atoms with Crippen molar-refractivity contribution >= 4 is 26.4 Å². The van der Waals surface area contributed by atoms with Crippen molar-refractivity contribution in [1.29, 1.82) is 0 Å². The zero-order chi connectivity index (χ0) is 20.6. The van der Waals surface area contributed by atoms with Gasteiger partial charge in [0.2, 0.25) is 15.4 Å². The first-order valence-corrected chi connectivity index (χ1v) is 11.5. The van der Waals surface area contributed by atoms with Crippen molar-refractivity contribution in [3.8, 4) is 5.75 Å². The van der Waals surface area contributed by atoms with Gasteiger partial charge in [0.1, 0.15) is 5.75 Å². The number of fused-ring (bicyclic) bond motifs is 1. The normalized spacial score (nSPS) is 14.9. The minimum absolute atomic E-state index is 0.323. The number of pyridine rings is 1. The van der Waals surface area contributed by atoms with Crippen LogP contribution in [-0.2, 0) is 9.84 Å². The third kappa shape index (κ3) is 3.57. The van der Waals surface area contributed by atoms with Crippen LogP contribution in [0.15, 0.2) is 52.4 Å².